The second-order valence-electron chi connectivity index (χ2n) is 5.69. The third kappa shape index (κ3) is 14.1. The molecular weight excluding hydrogens is 318 g/mol. The van der Waals surface area contributed by atoms with Crippen LogP contribution in [0.25, 0.3) is 0 Å². The summed E-state index contributed by atoms with van der Waals surface area (Å²) in [4.78, 5) is 20.7. The molecule has 0 aliphatic carbocycles. The summed E-state index contributed by atoms with van der Waals surface area (Å²) < 4.78 is 0. The second kappa shape index (κ2) is 16.8. The molecule has 5 heteroatoms. The SMILES string of the molecule is CC/C=C\C/C=C\CC(O)C(C/C=C\C/C=C\CCC[C]=O)[N+](=O)[O-]. The van der Waals surface area contributed by atoms with Crippen LogP contribution < -0.4 is 0 Å². The topological polar surface area (TPSA) is 80.4 Å². The van der Waals surface area contributed by atoms with E-state index in [1.807, 2.05) is 36.7 Å². The van der Waals surface area contributed by atoms with E-state index in [4.69, 9.17) is 0 Å². The van der Waals surface area contributed by atoms with Crippen molar-refractivity contribution >= 4 is 6.29 Å². The van der Waals surface area contributed by atoms with Crippen molar-refractivity contribution in [3.05, 3.63) is 58.7 Å². The summed E-state index contributed by atoms with van der Waals surface area (Å²) in [5.74, 6) is 0. The summed E-state index contributed by atoms with van der Waals surface area (Å²) in [6.45, 7) is 2.06. The van der Waals surface area contributed by atoms with Gasteiger partial charge in [0, 0.05) is 17.8 Å². The molecule has 0 heterocycles. The van der Waals surface area contributed by atoms with Gasteiger partial charge in [-0.1, -0.05) is 55.5 Å². The van der Waals surface area contributed by atoms with Crippen LogP contribution >= 0.6 is 0 Å². The zero-order valence-electron chi connectivity index (χ0n) is 15.0. The Morgan fingerprint density at radius 3 is 2.20 bits per heavy atom. The second-order valence-corrected chi connectivity index (χ2v) is 5.69. The van der Waals surface area contributed by atoms with Gasteiger partial charge in [0.05, 0.1) is 0 Å². The first-order valence-corrected chi connectivity index (χ1v) is 8.90. The van der Waals surface area contributed by atoms with Gasteiger partial charge in [0.1, 0.15) is 6.10 Å². The quantitative estimate of drug-likeness (QED) is 0.205. The molecule has 0 aliphatic rings. The Morgan fingerprint density at radius 1 is 1.00 bits per heavy atom. The highest BCUT2D eigenvalue weighted by Crippen LogP contribution is 2.10. The van der Waals surface area contributed by atoms with E-state index in [0.29, 0.717) is 12.8 Å². The molecule has 0 aromatic carbocycles. The Morgan fingerprint density at radius 2 is 1.60 bits per heavy atom. The lowest BCUT2D eigenvalue weighted by atomic mass is 10.0. The van der Waals surface area contributed by atoms with Crippen molar-refractivity contribution in [1.82, 2.24) is 0 Å². The molecule has 5 nitrogen and oxygen atoms in total. The fourth-order valence-corrected chi connectivity index (χ4v) is 2.13. The van der Waals surface area contributed by atoms with E-state index in [1.54, 1.807) is 12.2 Å². The number of allylic oxidation sites excluding steroid dienone is 6. The normalized spacial score (nSPS) is 14.8. The van der Waals surface area contributed by atoms with E-state index in [0.717, 1.165) is 25.7 Å². The molecule has 25 heavy (non-hydrogen) atoms. The van der Waals surface area contributed by atoms with E-state index in [2.05, 4.69) is 13.0 Å². The fourth-order valence-electron chi connectivity index (χ4n) is 2.13. The summed E-state index contributed by atoms with van der Waals surface area (Å²) in [5, 5.41) is 21.1. The van der Waals surface area contributed by atoms with Crippen LogP contribution in [-0.4, -0.2) is 28.5 Å². The summed E-state index contributed by atoms with van der Waals surface area (Å²) in [7, 11) is 0. The van der Waals surface area contributed by atoms with Crippen LogP contribution in [0.3, 0.4) is 0 Å². The third-order valence-electron chi connectivity index (χ3n) is 3.57. The van der Waals surface area contributed by atoms with Crippen LogP contribution in [0.5, 0.6) is 0 Å². The van der Waals surface area contributed by atoms with Gasteiger partial charge in [-0.2, -0.15) is 0 Å². The third-order valence-corrected chi connectivity index (χ3v) is 3.57. The zero-order valence-corrected chi connectivity index (χ0v) is 15.0. The number of nitrogens with zero attached hydrogens (tertiary/aromatic N) is 1. The molecule has 0 saturated carbocycles. The number of unbranched alkanes of at least 4 members (excludes halogenated alkanes) is 2. The molecule has 0 fully saturated rings. The molecule has 0 spiro atoms. The minimum atomic E-state index is -0.987. The Balaban J connectivity index is 4.14. The number of aliphatic hydroxyl groups excluding tert-OH is 1. The maximum atomic E-state index is 11.1. The van der Waals surface area contributed by atoms with Crippen molar-refractivity contribution in [3.63, 3.8) is 0 Å². The van der Waals surface area contributed by atoms with Crippen molar-refractivity contribution in [3.8, 4) is 0 Å². The number of hydrogen-bond acceptors (Lipinski definition) is 4. The van der Waals surface area contributed by atoms with Gasteiger partial charge in [-0.15, -0.1) is 0 Å². The molecule has 2 unspecified atom stereocenters. The fraction of sp³-hybridized carbons (Fsp3) is 0.550. The summed E-state index contributed by atoms with van der Waals surface area (Å²) >= 11 is 0. The number of hydrogen-bond donors (Lipinski definition) is 1. The van der Waals surface area contributed by atoms with Crippen molar-refractivity contribution in [1.29, 1.82) is 0 Å². The number of rotatable bonds is 15. The van der Waals surface area contributed by atoms with Crippen LogP contribution in [0, 0.1) is 10.1 Å². The number of carbonyl (C=O) groups excluding carboxylic acids is 1. The lowest BCUT2D eigenvalue weighted by Crippen LogP contribution is -2.32. The summed E-state index contributed by atoms with van der Waals surface area (Å²) in [6.07, 6.45) is 21.2. The van der Waals surface area contributed by atoms with Crippen LogP contribution in [0.2, 0.25) is 0 Å². The van der Waals surface area contributed by atoms with Crippen molar-refractivity contribution in [2.24, 2.45) is 0 Å². The van der Waals surface area contributed by atoms with Gasteiger partial charge in [-0.05, 0) is 38.5 Å². The van der Waals surface area contributed by atoms with Gasteiger partial charge in [-0.3, -0.25) is 14.9 Å². The first-order chi connectivity index (χ1) is 12.1. The van der Waals surface area contributed by atoms with Crippen molar-refractivity contribution < 1.29 is 14.8 Å². The molecule has 0 rings (SSSR count). The van der Waals surface area contributed by atoms with Gasteiger partial charge in [0.25, 0.3) is 0 Å². The van der Waals surface area contributed by atoms with E-state index in [9.17, 15) is 20.0 Å². The molecule has 1 N–H and O–H groups in total. The number of nitro groups is 1. The monoisotopic (exact) mass is 348 g/mol. The lowest BCUT2D eigenvalue weighted by Gasteiger charge is -2.12. The highest BCUT2D eigenvalue weighted by Gasteiger charge is 2.27. The van der Waals surface area contributed by atoms with E-state index in [-0.39, 0.29) is 12.8 Å². The Hall–Kier alpha value is -2.01. The highest BCUT2D eigenvalue weighted by molar-refractivity contribution is 5.50. The Labute approximate surface area is 151 Å². The zero-order chi connectivity index (χ0) is 18.8. The maximum absolute atomic E-state index is 11.1. The predicted octanol–water partition coefficient (Wildman–Crippen LogP) is 4.47. The Kier molecular flexibility index (Phi) is 15.5. The molecule has 2 atom stereocenters. The Bertz CT molecular complexity index is 466. The van der Waals surface area contributed by atoms with Crippen LogP contribution in [-0.2, 0) is 4.79 Å². The van der Waals surface area contributed by atoms with Crippen molar-refractivity contribution in [2.75, 3.05) is 0 Å². The molecular formula is C20H30NO4. The molecule has 1 radical (unpaired) electrons. The lowest BCUT2D eigenvalue weighted by molar-refractivity contribution is -0.533. The minimum absolute atomic E-state index is 0.214. The van der Waals surface area contributed by atoms with Gasteiger partial charge in [0.2, 0.25) is 6.04 Å². The van der Waals surface area contributed by atoms with Gasteiger partial charge in [0.15, 0.2) is 6.29 Å². The van der Waals surface area contributed by atoms with Gasteiger partial charge in [-0.25, -0.2) is 0 Å². The summed E-state index contributed by atoms with van der Waals surface area (Å²) in [5.41, 5.74) is 0. The van der Waals surface area contributed by atoms with Crippen molar-refractivity contribution in [2.45, 2.75) is 70.4 Å². The average Bonchev–Trinajstić information content (AvgIpc) is 2.59. The van der Waals surface area contributed by atoms with Crippen LogP contribution in [0.4, 0.5) is 0 Å². The largest absolute Gasteiger partial charge is 0.386 e. The van der Waals surface area contributed by atoms with Crippen LogP contribution in [0.1, 0.15) is 58.3 Å². The molecule has 0 saturated heterocycles. The maximum Gasteiger partial charge on any atom is 0.242 e. The van der Waals surface area contributed by atoms with E-state index >= 15 is 0 Å². The molecule has 0 amide bonds. The predicted molar refractivity (Wildman–Crippen MR) is 102 cm³/mol. The molecule has 0 aromatic heterocycles. The van der Waals surface area contributed by atoms with Crippen LogP contribution in [0.15, 0.2) is 48.6 Å². The van der Waals surface area contributed by atoms with Gasteiger partial charge >= 0.3 is 0 Å². The highest BCUT2D eigenvalue weighted by atomic mass is 16.6. The minimum Gasteiger partial charge on any atom is -0.386 e. The molecule has 0 aromatic rings. The standard InChI is InChI=1S/C20H30NO4/c1-2-3-4-5-11-14-17-20(23)19(21(24)25)16-13-10-8-6-7-9-12-15-18-22/h3-4,6-7,10-11,13-14,19-20,23H,2,5,8-9,12,15-17H2,1H3/b4-3-,7-6-,13-10-,14-11-. The number of aliphatic hydroxyl groups is 1. The first-order valence-electron chi connectivity index (χ1n) is 8.90. The first kappa shape index (κ1) is 23.0. The average molecular weight is 348 g/mol. The molecule has 139 valence electrons. The van der Waals surface area contributed by atoms with E-state index < -0.39 is 17.1 Å². The smallest absolute Gasteiger partial charge is 0.242 e. The van der Waals surface area contributed by atoms with Gasteiger partial charge < -0.3 is 5.11 Å². The van der Waals surface area contributed by atoms with E-state index in [1.165, 1.54) is 0 Å². The summed E-state index contributed by atoms with van der Waals surface area (Å²) in [6, 6.07) is -0.987. The molecule has 0 bridgehead atoms. The molecule has 0 aliphatic heterocycles.